The molecule has 0 aliphatic carbocycles. The van der Waals surface area contributed by atoms with Gasteiger partial charge in [0.05, 0.1) is 11.2 Å². The van der Waals surface area contributed by atoms with Crippen LogP contribution in [0.25, 0.3) is 10.9 Å². The van der Waals surface area contributed by atoms with Crippen molar-refractivity contribution in [2.24, 2.45) is 0 Å². The molecule has 0 spiro atoms. The number of aromatic nitrogens is 2. The van der Waals surface area contributed by atoms with Crippen molar-refractivity contribution >= 4 is 16.7 Å². The van der Waals surface area contributed by atoms with E-state index in [-0.39, 0.29) is 0 Å². The quantitative estimate of drug-likeness (QED) is 0.569. The van der Waals surface area contributed by atoms with Gasteiger partial charge in [-0.15, -0.1) is 0 Å². The molecule has 0 atom stereocenters. The third kappa shape index (κ3) is 5.50. The van der Waals surface area contributed by atoms with E-state index in [1.54, 1.807) is 0 Å². The van der Waals surface area contributed by atoms with E-state index in [0.717, 1.165) is 49.6 Å². The molecule has 2 heterocycles. The maximum absolute atomic E-state index is 4.92. The van der Waals surface area contributed by atoms with E-state index in [2.05, 4.69) is 84.3 Å². The van der Waals surface area contributed by atoms with Crippen molar-refractivity contribution in [1.29, 1.82) is 0 Å². The minimum Gasteiger partial charge on any atom is -0.362 e. The van der Waals surface area contributed by atoms with Gasteiger partial charge < -0.3 is 9.80 Å². The Bertz CT molecular complexity index is 877. The maximum atomic E-state index is 4.92. The summed E-state index contributed by atoms with van der Waals surface area (Å²) in [4.78, 5) is 16.3. The average Bonchev–Trinajstić information content (AvgIpc) is 2.67. The lowest BCUT2D eigenvalue weighted by Gasteiger charge is -2.25. The van der Waals surface area contributed by atoms with Crippen molar-refractivity contribution < 1.29 is 0 Å². The van der Waals surface area contributed by atoms with E-state index in [4.69, 9.17) is 4.98 Å². The predicted octanol–water partition coefficient (Wildman–Crippen LogP) is 3.65. The van der Waals surface area contributed by atoms with Gasteiger partial charge in [0.1, 0.15) is 5.82 Å². The van der Waals surface area contributed by atoms with Gasteiger partial charge >= 0.3 is 0 Å². The second-order valence-corrected chi connectivity index (χ2v) is 7.75. The number of para-hydroxylation sites is 1. The third-order valence-electron chi connectivity index (χ3n) is 4.79. The largest absolute Gasteiger partial charge is 0.362 e. The molecule has 2 aromatic heterocycles. The summed E-state index contributed by atoms with van der Waals surface area (Å²) in [5.41, 5.74) is 3.40. The van der Waals surface area contributed by atoms with Gasteiger partial charge in [0.25, 0.3) is 0 Å². The first-order valence-electron chi connectivity index (χ1n) is 9.86. The monoisotopic (exact) mass is 377 g/mol. The smallest absolute Gasteiger partial charge is 0.133 e. The summed E-state index contributed by atoms with van der Waals surface area (Å²) in [5, 5.41) is 1.19. The lowest BCUT2D eigenvalue weighted by molar-refractivity contribution is 0.237. The molecule has 0 amide bonds. The van der Waals surface area contributed by atoms with Crippen LogP contribution in [-0.2, 0) is 13.1 Å². The molecule has 0 bridgehead atoms. The van der Waals surface area contributed by atoms with Crippen LogP contribution in [0.3, 0.4) is 0 Å². The van der Waals surface area contributed by atoms with Gasteiger partial charge in [0.2, 0.25) is 0 Å². The van der Waals surface area contributed by atoms with Gasteiger partial charge in [-0.05, 0) is 51.3 Å². The molecule has 28 heavy (non-hydrogen) atoms. The molecule has 0 N–H and O–H groups in total. The van der Waals surface area contributed by atoms with Gasteiger partial charge in [0, 0.05) is 50.9 Å². The van der Waals surface area contributed by atoms with E-state index in [1.165, 1.54) is 10.9 Å². The molecular weight excluding hydrogens is 346 g/mol. The maximum Gasteiger partial charge on any atom is 0.133 e. The van der Waals surface area contributed by atoms with Crippen LogP contribution in [0.4, 0.5) is 5.82 Å². The van der Waals surface area contributed by atoms with E-state index in [9.17, 15) is 0 Å². The Morgan fingerprint density at radius 3 is 2.36 bits per heavy atom. The average molecular weight is 378 g/mol. The van der Waals surface area contributed by atoms with Gasteiger partial charge in [-0.2, -0.15) is 0 Å². The SMILES string of the molecule is CN(C)CCCN(Cc1ccccn1)Cc1cc2ccccc2nc1N(C)C. The number of hydrogen-bond donors (Lipinski definition) is 0. The number of nitrogens with zero attached hydrogens (tertiary/aromatic N) is 5. The summed E-state index contributed by atoms with van der Waals surface area (Å²) in [5.74, 6) is 1.04. The second kappa shape index (κ2) is 9.62. The molecule has 0 aliphatic rings. The Morgan fingerprint density at radius 1 is 0.857 bits per heavy atom. The zero-order valence-corrected chi connectivity index (χ0v) is 17.5. The summed E-state index contributed by atoms with van der Waals surface area (Å²) >= 11 is 0. The topological polar surface area (TPSA) is 35.5 Å². The highest BCUT2D eigenvalue weighted by molar-refractivity contribution is 5.81. The first-order chi connectivity index (χ1) is 13.5. The van der Waals surface area contributed by atoms with Gasteiger partial charge in [-0.1, -0.05) is 24.3 Å². The lowest BCUT2D eigenvalue weighted by Crippen LogP contribution is -2.28. The molecule has 0 fully saturated rings. The van der Waals surface area contributed by atoms with Gasteiger partial charge in [-0.25, -0.2) is 4.98 Å². The van der Waals surface area contributed by atoms with Crippen molar-refractivity contribution in [2.45, 2.75) is 19.5 Å². The van der Waals surface area contributed by atoms with Crippen LogP contribution >= 0.6 is 0 Å². The van der Waals surface area contributed by atoms with E-state index < -0.39 is 0 Å². The molecule has 0 aliphatic heterocycles. The number of pyridine rings is 2. The van der Waals surface area contributed by atoms with Crippen molar-refractivity contribution in [2.75, 3.05) is 46.2 Å². The standard InChI is InChI=1S/C23H31N5/c1-26(2)14-9-15-28(18-21-11-7-8-13-24-21)17-20-16-19-10-5-6-12-22(19)25-23(20)27(3)4/h5-8,10-13,16H,9,14-15,17-18H2,1-4H3. The number of fused-ring (bicyclic) bond motifs is 1. The van der Waals surface area contributed by atoms with Crippen LogP contribution in [0.5, 0.6) is 0 Å². The van der Waals surface area contributed by atoms with Crippen molar-refractivity contribution in [3.8, 4) is 0 Å². The second-order valence-electron chi connectivity index (χ2n) is 7.75. The molecular formula is C23H31N5. The lowest BCUT2D eigenvalue weighted by atomic mass is 10.1. The fourth-order valence-corrected chi connectivity index (χ4v) is 3.44. The predicted molar refractivity (Wildman–Crippen MR) is 118 cm³/mol. The molecule has 3 aromatic rings. The summed E-state index contributed by atoms with van der Waals surface area (Å²) in [7, 11) is 8.38. The van der Waals surface area contributed by atoms with Crippen LogP contribution in [0.1, 0.15) is 17.7 Å². The zero-order chi connectivity index (χ0) is 19.9. The van der Waals surface area contributed by atoms with Crippen LogP contribution in [0.2, 0.25) is 0 Å². The molecule has 0 unspecified atom stereocenters. The molecule has 0 radical (unpaired) electrons. The molecule has 5 nitrogen and oxygen atoms in total. The van der Waals surface area contributed by atoms with E-state index in [1.807, 2.05) is 18.3 Å². The van der Waals surface area contributed by atoms with Crippen molar-refractivity contribution in [3.05, 3.63) is 66.0 Å². The first kappa shape index (κ1) is 20.2. The van der Waals surface area contributed by atoms with E-state index >= 15 is 0 Å². The zero-order valence-electron chi connectivity index (χ0n) is 17.5. The molecule has 148 valence electrons. The number of hydrogen-bond acceptors (Lipinski definition) is 5. The van der Waals surface area contributed by atoms with Crippen LogP contribution < -0.4 is 4.90 Å². The Labute approximate surface area is 168 Å². The summed E-state index contributed by atoms with van der Waals surface area (Å²) < 4.78 is 0. The number of benzene rings is 1. The van der Waals surface area contributed by atoms with Crippen LogP contribution in [-0.4, -0.2) is 61.0 Å². The highest BCUT2D eigenvalue weighted by Crippen LogP contribution is 2.24. The summed E-state index contributed by atoms with van der Waals surface area (Å²) in [6.45, 7) is 3.80. The van der Waals surface area contributed by atoms with Crippen LogP contribution in [0.15, 0.2) is 54.7 Å². The first-order valence-corrected chi connectivity index (χ1v) is 9.86. The minimum absolute atomic E-state index is 0.841. The normalized spacial score (nSPS) is 11.5. The Morgan fingerprint density at radius 2 is 1.64 bits per heavy atom. The summed E-state index contributed by atoms with van der Waals surface area (Å²) in [6, 6.07) is 16.8. The molecule has 0 saturated heterocycles. The summed E-state index contributed by atoms with van der Waals surface area (Å²) in [6.07, 6.45) is 2.99. The van der Waals surface area contributed by atoms with Crippen molar-refractivity contribution in [3.63, 3.8) is 0 Å². The fraction of sp³-hybridized carbons (Fsp3) is 0.391. The number of rotatable bonds is 9. The van der Waals surface area contributed by atoms with Gasteiger partial charge in [-0.3, -0.25) is 9.88 Å². The van der Waals surface area contributed by atoms with E-state index in [0.29, 0.717) is 0 Å². The Balaban J connectivity index is 1.86. The fourth-order valence-electron chi connectivity index (χ4n) is 3.44. The molecule has 0 saturated carbocycles. The highest BCUT2D eigenvalue weighted by atomic mass is 15.2. The molecule has 3 rings (SSSR count). The molecule has 1 aromatic carbocycles. The highest BCUT2D eigenvalue weighted by Gasteiger charge is 2.14. The van der Waals surface area contributed by atoms with Crippen molar-refractivity contribution in [1.82, 2.24) is 19.8 Å². The number of anilines is 1. The molecule has 5 heteroatoms. The Hall–Kier alpha value is -2.50. The third-order valence-corrected chi connectivity index (χ3v) is 4.79. The van der Waals surface area contributed by atoms with Gasteiger partial charge in [0.15, 0.2) is 0 Å². The van der Waals surface area contributed by atoms with Crippen LogP contribution in [0, 0.1) is 0 Å². The minimum atomic E-state index is 0.841. The Kier molecular flexibility index (Phi) is 6.95.